The highest BCUT2D eigenvalue weighted by molar-refractivity contribution is 5.76. The Morgan fingerprint density at radius 1 is 1.23 bits per heavy atom. The number of carbonyl (C=O) groups is 1. The zero-order valence-electron chi connectivity index (χ0n) is 15.1. The molecule has 3 heterocycles. The van der Waals surface area contributed by atoms with E-state index in [4.69, 9.17) is 4.74 Å². The molecule has 2 aromatic rings. The normalized spacial score (nSPS) is 18.4. The molecule has 0 spiro atoms. The van der Waals surface area contributed by atoms with Crippen LogP contribution >= 0.6 is 0 Å². The number of piperidine rings is 1. The summed E-state index contributed by atoms with van der Waals surface area (Å²) in [7, 11) is 1.63. The lowest BCUT2D eigenvalue weighted by atomic mass is 9.95. The Balaban J connectivity index is 1.44. The lowest BCUT2D eigenvalue weighted by Crippen LogP contribution is -2.38. The molecule has 0 aromatic carbocycles. The van der Waals surface area contributed by atoms with Crippen LogP contribution in [0.3, 0.4) is 0 Å². The van der Waals surface area contributed by atoms with Gasteiger partial charge in [-0.3, -0.25) is 4.79 Å². The fourth-order valence-electron chi connectivity index (χ4n) is 3.65. The molecule has 0 bridgehead atoms. The molecule has 2 aliphatic rings. The van der Waals surface area contributed by atoms with Gasteiger partial charge in [-0.15, -0.1) is 10.2 Å². The number of hydrogen-bond acceptors (Lipinski definition) is 6. The standard InChI is InChI=1S/C17H25N7O2/c1-26-9-6-16(25)22-7-4-13(5-8-22)17-21-20-15(24(17)14-2-3-14)10-23-12-18-11-19-23/h11-14H,2-10H2,1H3. The van der Waals surface area contributed by atoms with Crippen molar-refractivity contribution < 1.29 is 9.53 Å². The van der Waals surface area contributed by atoms with Crippen LogP contribution in [0.4, 0.5) is 0 Å². The van der Waals surface area contributed by atoms with E-state index >= 15 is 0 Å². The van der Waals surface area contributed by atoms with E-state index in [-0.39, 0.29) is 5.91 Å². The number of likely N-dealkylation sites (tertiary alicyclic amines) is 1. The third-order valence-corrected chi connectivity index (χ3v) is 5.21. The van der Waals surface area contributed by atoms with Crippen molar-refractivity contribution in [1.82, 2.24) is 34.4 Å². The van der Waals surface area contributed by atoms with Crippen molar-refractivity contribution in [3.8, 4) is 0 Å². The van der Waals surface area contributed by atoms with Crippen molar-refractivity contribution in [2.24, 2.45) is 0 Å². The number of methoxy groups -OCH3 is 1. The van der Waals surface area contributed by atoms with E-state index in [0.29, 0.717) is 31.5 Å². The molecule has 0 atom stereocenters. The predicted molar refractivity (Wildman–Crippen MR) is 92.5 cm³/mol. The van der Waals surface area contributed by atoms with Gasteiger partial charge < -0.3 is 14.2 Å². The minimum atomic E-state index is 0.181. The molecule has 1 aliphatic carbocycles. The Bertz CT molecular complexity index is 730. The van der Waals surface area contributed by atoms with E-state index in [1.165, 1.54) is 19.2 Å². The highest BCUT2D eigenvalue weighted by Gasteiger charge is 2.34. The zero-order chi connectivity index (χ0) is 17.9. The largest absolute Gasteiger partial charge is 0.384 e. The average molecular weight is 359 g/mol. The van der Waals surface area contributed by atoms with Crippen LogP contribution in [0.25, 0.3) is 0 Å². The van der Waals surface area contributed by atoms with E-state index in [0.717, 1.165) is 37.6 Å². The van der Waals surface area contributed by atoms with E-state index in [1.54, 1.807) is 18.1 Å². The van der Waals surface area contributed by atoms with Gasteiger partial charge in [0.15, 0.2) is 5.82 Å². The molecule has 0 N–H and O–H groups in total. The van der Waals surface area contributed by atoms with Gasteiger partial charge in [-0.1, -0.05) is 0 Å². The first-order valence-corrected chi connectivity index (χ1v) is 9.29. The molecular formula is C17H25N7O2. The second kappa shape index (κ2) is 7.53. The highest BCUT2D eigenvalue weighted by atomic mass is 16.5. The summed E-state index contributed by atoms with van der Waals surface area (Å²) in [6.07, 6.45) is 7.94. The number of amides is 1. The van der Waals surface area contributed by atoms with Gasteiger partial charge in [-0.25, -0.2) is 9.67 Å². The molecule has 2 fully saturated rings. The smallest absolute Gasteiger partial charge is 0.224 e. The van der Waals surface area contributed by atoms with Crippen LogP contribution in [-0.4, -0.2) is 67.1 Å². The van der Waals surface area contributed by atoms with Crippen LogP contribution in [0, 0.1) is 0 Å². The average Bonchev–Trinajstić information content (AvgIpc) is 3.21. The first kappa shape index (κ1) is 17.1. The van der Waals surface area contributed by atoms with Gasteiger partial charge in [0.05, 0.1) is 13.0 Å². The lowest BCUT2D eigenvalue weighted by Gasteiger charge is -2.32. The molecule has 9 heteroatoms. The maximum Gasteiger partial charge on any atom is 0.224 e. The number of carbonyl (C=O) groups excluding carboxylic acids is 1. The quantitative estimate of drug-likeness (QED) is 0.732. The van der Waals surface area contributed by atoms with Gasteiger partial charge >= 0.3 is 0 Å². The number of ether oxygens (including phenoxy) is 1. The summed E-state index contributed by atoms with van der Waals surface area (Å²) in [6.45, 7) is 2.64. The molecule has 140 valence electrons. The van der Waals surface area contributed by atoms with Gasteiger partial charge in [0.1, 0.15) is 25.0 Å². The van der Waals surface area contributed by atoms with E-state index in [2.05, 4.69) is 24.8 Å². The number of nitrogens with zero attached hydrogens (tertiary/aromatic N) is 7. The van der Waals surface area contributed by atoms with Gasteiger partial charge in [0.25, 0.3) is 0 Å². The van der Waals surface area contributed by atoms with Crippen LogP contribution in [0.15, 0.2) is 12.7 Å². The second-order valence-corrected chi connectivity index (χ2v) is 7.07. The summed E-state index contributed by atoms with van der Waals surface area (Å²) < 4.78 is 9.10. The maximum atomic E-state index is 12.2. The van der Waals surface area contributed by atoms with E-state index < -0.39 is 0 Å². The highest BCUT2D eigenvalue weighted by Crippen LogP contribution is 2.39. The Labute approximate surface area is 152 Å². The third-order valence-electron chi connectivity index (χ3n) is 5.21. The van der Waals surface area contributed by atoms with Crippen LogP contribution < -0.4 is 0 Å². The molecule has 9 nitrogen and oxygen atoms in total. The molecule has 1 saturated carbocycles. The molecule has 1 saturated heterocycles. The van der Waals surface area contributed by atoms with Gasteiger partial charge in [-0.05, 0) is 25.7 Å². The van der Waals surface area contributed by atoms with Crippen LogP contribution in [0.5, 0.6) is 0 Å². The number of rotatable bonds is 7. The zero-order valence-corrected chi connectivity index (χ0v) is 15.1. The van der Waals surface area contributed by atoms with Crippen molar-refractivity contribution in [1.29, 1.82) is 0 Å². The number of hydrogen-bond donors (Lipinski definition) is 0. The Morgan fingerprint density at radius 2 is 2.04 bits per heavy atom. The SMILES string of the molecule is COCCC(=O)N1CCC(c2nnc(Cn3cncn3)n2C2CC2)CC1. The summed E-state index contributed by atoms with van der Waals surface area (Å²) in [5, 5.41) is 13.2. The fraction of sp³-hybridized carbons (Fsp3) is 0.706. The van der Waals surface area contributed by atoms with Crippen molar-refractivity contribution in [3.05, 3.63) is 24.3 Å². The molecular weight excluding hydrogens is 334 g/mol. The summed E-state index contributed by atoms with van der Waals surface area (Å²) in [5.74, 6) is 2.57. The minimum absolute atomic E-state index is 0.181. The Hall–Kier alpha value is -2.29. The fourth-order valence-corrected chi connectivity index (χ4v) is 3.65. The molecule has 2 aromatic heterocycles. The third kappa shape index (κ3) is 3.62. The first-order valence-electron chi connectivity index (χ1n) is 9.29. The molecule has 0 radical (unpaired) electrons. The van der Waals surface area contributed by atoms with Crippen LogP contribution in [0.2, 0.25) is 0 Å². The predicted octanol–water partition coefficient (Wildman–Crippen LogP) is 0.995. The summed E-state index contributed by atoms with van der Waals surface area (Å²) in [4.78, 5) is 18.1. The van der Waals surface area contributed by atoms with Crippen LogP contribution in [-0.2, 0) is 16.1 Å². The summed E-state index contributed by atoms with van der Waals surface area (Å²) in [6, 6.07) is 0.514. The molecule has 1 aliphatic heterocycles. The topological polar surface area (TPSA) is 91.0 Å². The van der Waals surface area contributed by atoms with Crippen molar-refractivity contribution in [2.75, 3.05) is 26.8 Å². The van der Waals surface area contributed by atoms with Crippen LogP contribution in [0.1, 0.15) is 55.7 Å². The van der Waals surface area contributed by atoms with Crippen molar-refractivity contribution in [2.45, 2.75) is 50.6 Å². The molecule has 0 unspecified atom stereocenters. The Morgan fingerprint density at radius 3 is 2.69 bits per heavy atom. The van der Waals surface area contributed by atoms with E-state index in [1.807, 2.05) is 4.90 Å². The maximum absolute atomic E-state index is 12.2. The molecule has 26 heavy (non-hydrogen) atoms. The van der Waals surface area contributed by atoms with Crippen molar-refractivity contribution >= 4 is 5.91 Å². The summed E-state index contributed by atoms with van der Waals surface area (Å²) in [5.41, 5.74) is 0. The summed E-state index contributed by atoms with van der Waals surface area (Å²) >= 11 is 0. The monoisotopic (exact) mass is 359 g/mol. The van der Waals surface area contributed by atoms with Gasteiger partial charge in [0.2, 0.25) is 5.91 Å². The minimum Gasteiger partial charge on any atom is -0.384 e. The van der Waals surface area contributed by atoms with Gasteiger partial charge in [-0.2, -0.15) is 5.10 Å². The first-order chi connectivity index (χ1) is 12.8. The Kier molecular flexibility index (Phi) is 4.96. The second-order valence-electron chi connectivity index (χ2n) is 7.07. The number of aromatic nitrogens is 6. The molecule has 4 rings (SSSR count). The van der Waals surface area contributed by atoms with E-state index in [9.17, 15) is 4.79 Å². The lowest BCUT2D eigenvalue weighted by molar-refractivity contribution is -0.133. The van der Waals surface area contributed by atoms with Gasteiger partial charge in [0, 0.05) is 32.2 Å². The van der Waals surface area contributed by atoms with Crippen molar-refractivity contribution in [3.63, 3.8) is 0 Å². The molecule has 1 amide bonds.